The lowest BCUT2D eigenvalue weighted by Gasteiger charge is -2.29. The van der Waals surface area contributed by atoms with Crippen molar-refractivity contribution in [3.05, 3.63) is 34.5 Å². The molecular formula is C17H21N3O3S. The summed E-state index contributed by atoms with van der Waals surface area (Å²) in [4.78, 5) is 14.8. The molecule has 6 nitrogen and oxygen atoms in total. The predicted molar refractivity (Wildman–Crippen MR) is 94.4 cm³/mol. The van der Waals surface area contributed by atoms with Crippen molar-refractivity contribution in [2.75, 3.05) is 33.1 Å². The molecule has 0 atom stereocenters. The number of carbonyl (C=O) groups is 1. The van der Waals surface area contributed by atoms with E-state index in [1.165, 1.54) is 17.1 Å². The quantitative estimate of drug-likeness (QED) is 0.921. The molecule has 1 aliphatic rings. The zero-order chi connectivity index (χ0) is 17.3. The zero-order valence-electron chi connectivity index (χ0n) is 14.3. The van der Waals surface area contributed by atoms with Crippen LogP contribution in [0.1, 0.15) is 27.2 Å². The maximum Gasteiger partial charge on any atom is 0.259 e. The van der Waals surface area contributed by atoms with Gasteiger partial charge in [0.05, 0.1) is 25.5 Å². The van der Waals surface area contributed by atoms with E-state index >= 15 is 0 Å². The molecule has 0 saturated carbocycles. The molecule has 2 aromatic rings. The first-order valence-corrected chi connectivity index (χ1v) is 8.53. The van der Waals surface area contributed by atoms with Gasteiger partial charge in [0.1, 0.15) is 5.00 Å². The van der Waals surface area contributed by atoms with Crippen molar-refractivity contribution in [2.24, 2.45) is 0 Å². The summed E-state index contributed by atoms with van der Waals surface area (Å²) in [5.74, 6) is 1.44. The molecule has 128 valence electrons. The number of amides is 1. The van der Waals surface area contributed by atoms with Crippen molar-refractivity contribution in [1.82, 2.24) is 9.27 Å². The fourth-order valence-electron chi connectivity index (χ4n) is 3.01. The third kappa shape index (κ3) is 2.80. The normalized spacial score (nSPS) is 13.4. The number of nitrogens with one attached hydrogen (secondary N) is 1. The van der Waals surface area contributed by atoms with Gasteiger partial charge >= 0.3 is 0 Å². The van der Waals surface area contributed by atoms with Gasteiger partial charge in [-0.1, -0.05) is 0 Å². The van der Waals surface area contributed by atoms with Gasteiger partial charge in [-0.05, 0) is 48.1 Å². The maximum atomic E-state index is 12.9. The Bertz CT molecular complexity index is 773. The number of carbonyl (C=O) groups excluding carboxylic acids is 1. The van der Waals surface area contributed by atoms with Crippen LogP contribution in [-0.2, 0) is 13.0 Å². The summed E-state index contributed by atoms with van der Waals surface area (Å²) in [6.45, 7) is 3.11. The van der Waals surface area contributed by atoms with Crippen LogP contribution in [0.3, 0.4) is 0 Å². The lowest BCUT2D eigenvalue weighted by Crippen LogP contribution is -2.36. The van der Waals surface area contributed by atoms with Crippen LogP contribution in [0.4, 0.5) is 5.00 Å². The summed E-state index contributed by atoms with van der Waals surface area (Å²) < 4.78 is 15.0. The van der Waals surface area contributed by atoms with Gasteiger partial charge < -0.3 is 19.7 Å². The predicted octanol–water partition coefficient (Wildman–Crippen LogP) is 2.71. The molecule has 1 amide bonds. The second-order valence-electron chi connectivity index (χ2n) is 5.67. The second kappa shape index (κ2) is 6.68. The topological polar surface area (TPSA) is 63.7 Å². The van der Waals surface area contributed by atoms with E-state index in [0.717, 1.165) is 28.4 Å². The van der Waals surface area contributed by atoms with Crippen molar-refractivity contribution >= 4 is 22.4 Å². The van der Waals surface area contributed by atoms with Gasteiger partial charge in [0.25, 0.3) is 5.91 Å². The SMILES string of the molecule is CNc1snc(C)c1C(=O)N1CCc2cc(OC)c(OC)cc2C1. The number of benzene rings is 1. The zero-order valence-corrected chi connectivity index (χ0v) is 15.1. The van der Waals surface area contributed by atoms with Crippen LogP contribution in [-0.4, -0.2) is 43.0 Å². The van der Waals surface area contributed by atoms with Gasteiger partial charge in [-0.2, -0.15) is 4.37 Å². The Morgan fingerprint density at radius 2 is 1.92 bits per heavy atom. The standard InChI is InChI=1S/C17H21N3O3S/c1-10-15(16(18-2)24-19-10)17(21)20-6-5-11-7-13(22-3)14(23-4)8-12(11)9-20/h7-8,18H,5-6,9H2,1-4H3. The molecule has 0 bridgehead atoms. The van der Waals surface area contributed by atoms with E-state index < -0.39 is 0 Å². The van der Waals surface area contributed by atoms with Crippen LogP contribution in [0, 0.1) is 6.92 Å². The number of anilines is 1. The molecule has 1 aliphatic heterocycles. The molecule has 0 fully saturated rings. The average Bonchev–Trinajstić information content (AvgIpc) is 2.99. The lowest BCUT2D eigenvalue weighted by molar-refractivity contribution is 0.0735. The van der Waals surface area contributed by atoms with Gasteiger partial charge in [-0.25, -0.2) is 0 Å². The summed E-state index contributed by atoms with van der Waals surface area (Å²) in [5, 5.41) is 3.88. The molecule has 7 heteroatoms. The summed E-state index contributed by atoms with van der Waals surface area (Å²) in [6, 6.07) is 3.97. The Labute approximate surface area is 145 Å². The van der Waals surface area contributed by atoms with Crippen molar-refractivity contribution in [3.63, 3.8) is 0 Å². The highest BCUT2D eigenvalue weighted by Gasteiger charge is 2.27. The highest BCUT2D eigenvalue weighted by molar-refractivity contribution is 7.10. The fraction of sp³-hybridized carbons (Fsp3) is 0.412. The number of aromatic nitrogens is 1. The number of hydrogen-bond acceptors (Lipinski definition) is 6. The molecule has 0 unspecified atom stereocenters. The first-order valence-electron chi connectivity index (χ1n) is 7.76. The van der Waals surface area contributed by atoms with Crippen LogP contribution in [0.15, 0.2) is 12.1 Å². The number of aryl methyl sites for hydroxylation is 1. The van der Waals surface area contributed by atoms with E-state index in [9.17, 15) is 4.79 Å². The van der Waals surface area contributed by atoms with Crippen molar-refractivity contribution < 1.29 is 14.3 Å². The summed E-state index contributed by atoms with van der Waals surface area (Å²) in [7, 11) is 5.07. The van der Waals surface area contributed by atoms with Crippen LogP contribution < -0.4 is 14.8 Å². The molecule has 2 heterocycles. The number of hydrogen-bond donors (Lipinski definition) is 1. The Balaban J connectivity index is 1.89. The molecule has 0 aliphatic carbocycles. The van der Waals surface area contributed by atoms with Gasteiger partial charge in [0, 0.05) is 20.1 Å². The Kier molecular flexibility index (Phi) is 4.62. The van der Waals surface area contributed by atoms with E-state index in [-0.39, 0.29) is 5.91 Å². The molecule has 1 aromatic heterocycles. The highest BCUT2D eigenvalue weighted by atomic mass is 32.1. The second-order valence-corrected chi connectivity index (χ2v) is 6.45. The average molecular weight is 347 g/mol. The molecule has 1 N–H and O–H groups in total. The van der Waals surface area contributed by atoms with Gasteiger partial charge in [0.2, 0.25) is 0 Å². The smallest absolute Gasteiger partial charge is 0.259 e. The van der Waals surface area contributed by atoms with Crippen molar-refractivity contribution in [1.29, 1.82) is 0 Å². The Hall–Kier alpha value is -2.28. The number of rotatable bonds is 4. The molecule has 3 rings (SSSR count). The van der Waals surface area contributed by atoms with Crippen LogP contribution in [0.2, 0.25) is 0 Å². The van der Waals surface area contributed by atoms with E-state index in [4.69, 9.17) is 9.47 Å². The third-order valence-electron chi connectivity index (χ3n) is 4.31. The third-order valence-corrected chi connectivity index (χ3v) is 5.26. The van der Waals surface area contributed by atoms with Crippen molar-refractivity contribution in [2.45, 2.75) is 19.9 Å². The maximum absolute atomic E-state index is 12.9. The van der Waals surface area contributed by atoms with Gasteiger partial charge in [0.15, 0.2) is 11.5 Å². The van der Waals surface area contributed by atoms with E-state index in [1.807, 2.05) is 31.0 Å². The molecule has 0 spiro atoms. The largest absolute Gasteiger partial charge is 0.493 e. The lowest BCUT2D eigenvalue weighted by atomic mass is 9.98. The van der Waals surface area contributed by atoms with Crippen molar-refractivity contribution in [3.8, 4) is 11.5 Å². The summed E-state index contributed by atoms with van der Waals surface area (Å²) in [5.41, 5.74) is 3.74. The first-order chi connectivity index (χ1) is 11.6. The first kappa shape index (κ1) is 16.6. The minimum Gasteiger partial charge on any atom is -0.493 e. The van der Waals surface area contributed by atoms with Crippen LogP contribution in [0.25, 0.3) is 0 Å². The molecule has 1 aromatic carbocycles. The van der Waals surface area contributed by atoms with Crippen LogP contribution in [0.5, 0.6) is 11.5 Å². The fourth-order valence-corrected chi connectivity index (χ4v) is 3.74. The minimum atomic E-state index is 0.0195. The van der Waals surface area contributed by atoms with Gasteiger partial charge in [-0.15, -0.1) is 0 Å². The Morgan fingerprint density at radius 1 is 1.25 bits per heavy atom. The molecule has 0 saturated heterocycles. The highest BCUT2D eigenvalue weighted by Crippen LogP contribution is 2.34. The number of methoxy groups -OCH3 is 2. The van der Waals surface area contributed by atoms with E-state index in [0.29, 0.717) is 24.4 Å². The molecular weight excluding hydrogens is 326 g/mol. The number of ether oxygens (including phenoxy) is 2. The summed E-state index contributed by atoms with van der Waals surface area (Å²) >= 11 is 1.32. The van der Waals surface area contributed by atoms with Gasteiger partial charge in [-0.3, -0.25) is 4.79 Å². The van der Waals surface area contributed by atoms with Crippen LogP contribution >= 0.6 is 11.5 Å². The minimum absolute atomic E-state index is 0.0195. The monoisotopic (exact) mass is 347 g/mol. The summed E-state index contributed by atoms with van der Waals surface area (Å²) in [6.07, 6.45) is 0.799. The Morgan fingerprint density at radius 3 is 2.54 bits per heavy atom. The number of fused-ring (bicyclic) bond motifs is 1. The van der Waals surface area contributed by atoms with E-state index in [1.54, 1.807) is 14.2 Å². The molecule has 24 heavy (non-hydrogen) atoms. The van der Waals surface area contributed by atoms with E-state index in [2.05, 4.69) is 9.69 Å². The molecule has 0 radical (unpaired) electrons. The number of nitrogens with zero attached hydrogens (tertiary/aromatic N) is 2.